The molecule has 1 aliphatic heterocycles. The Morgan fingerprint density at radius 2 is 1.79 bits per heavy atom. The predicted molar refractivity (Wildman–Crippen MR) is 165 cm³/mol. The van der Waals surface area contributed by atoms with Gasteiger partial charge in [-0.05, 0) is 60.0 Å². The standard InChI is InChI=1S/C27H24Cl3F2N3O5S.C2H6/c1-3-40-8-7-34(14-36)19-9-15-12-35(13-16(15)10-20(19)39-2)26(38)23-21(11-22(27(30,31)32)33-25(23)37)41-24-17(28)5-4-6-18(24)29;1-2/h4-6,9-11,14H,3,7-8,12-13H2,1-2H3,(H,33,37);1-2H3. The molecule has 2 amide bonds. The van der Waals surface area contributed by atoms with Crippen molar-refractivity contribution in [2.45, 2.75) is 49.0 Å². The van der Waals surface area contributed by atoms with E-state index < -0.39 is 22.5 Å². The van der Waals surface area contributed by atoms with Crippen LogP contribution in [0.2, 0.25) is 10.0 Å². The zero-order valence-corrected chi connectivity index (χ0v) is 26.9. The van der Waals surface area contributed by atoms with E-state index in [4.69, 9.17) is 44.3 Å². The molecule has 0 fully saturated rings. The Kier molecular flexibility index (Phi) is 12.3. The molecule has 2 heterocycles. The van der Waals surface area contributed by atoms with Gasteiger partial charge in [-0.1, -0.05) is 54.9 Å². The second kappa shape index (κ2) is 15.3. The number of fused-ring (bicyclic) bond motifs is 1. The minimum atomic E-state index is -3.90. The van der Waals surface area contributed by atoms with Gasteiger partial charge in [0.25, 0.3) is 11.5 Å². The lowest BCUT2D eigenvalue weighted by Gasteiger charge is -2.21. The summed E-state index contributed by atoms with van der Waals surface area (Å²) >= 11 is 18.6. The van der Waals surface area contributed by atoms with Crippen LogP contribution in [-0.2, 0) is 28.0 Å². The van der Waals surface area contributed by atoms with Gasteiger partial charge in [0, 0.05) is 36.0 Å². The highest BCUT2D eigenvalue weighted by atomic mass is 35.5. The van der Waals surface area contributed by atoms with E-state index in [1.807, 2.05) is 25.8 Å². The summed E-state index contributed by atoms with van der Waals surface area (Å²) in [6.45, 7) is 7.14. The number of methoxy groups -OCH3 is 1. The monoisotopic (exact) mass is 675 g/mol. The fourth-order valence-corrected chi connectivity index (χ4v) is 6.04. The van der Waals surface area contributed by atoms with Crippen molar-refractivity contribution in [1.29, 1.82) is 0 Å². The van der Waals surface area contributed by atoms with E-state index in [2.05, 4.69) is 0 Å². The fraction of sp³-hybridized carbons (Fsp3) is 0.345. The number of hydrogen-bond donors (Lipinski definition) is 1. The van der Waals surface area contributed by atoms with Gasteiger partial charge in [0.1, 0.15) is 17.0 Å². The molecule has 43 heavy (non-hydrogen) atoms. The van der Waals surface area contributed by atoms with E-state index in [9.17, 15) is 23.2 Å². The number of aromatic nitrogens is 1. The summed E-state index contributed by atoms with van der Waals surface area (Å²) in [7, 11) is 1.46. The number of aromatic amines is 1. The molecule has 1 aromatic heterocycles. The van der Waals surface area contributed by atoms with Crippen LogP contribution in [-0.4, -0.2) is 49.1 Å². The maximum absolute atomic E-state index is 14.0. The quantitative estimate of drug-likeness (QED) is 0.130. The summed E-state index contributed by atoms with van der Waals surface area (Å²) in [4.78, 5) is 43.7. The number of ether oxygens (including phenoxy) is 2. The zero-order chi connectivity index (χ0) is 31.9. The molecular formula is C29H30Cl3F2N3O5S. The summed E-state index contributed by atoms with van der Waals surface area (Å²) < 4.78 is 38.9. The first-order valence-electron chi connectivity index (χ1n) is 13.2. The average Bonchev–Trinajstić information content (AvgIpc) is 3.40. The summed E-state index contributed by atoms with van der Waals surface area (Å²) in [6.07, 6.45) is 0.665. The van der Waals surface area contributed by atoms with Gasteiger partial charge in [0.15, 0.2) is 0 Å². The van der Waals surface area contributed by atoms with Gasteiger partial charge in [-0.15, -0.1) is 0 Å². The minimum absolute atomic E-state index is 0.0904. The number of amides is 2. The van der Waals surface area contributed by atoms with Crippen LogP contribution in [0.5, 0.6) is 5.75 Å². The Bertz CT molecular complexity index is 1510. The normalized spacial score (nSPS) is 12.3. The molecule has 1 N–H and O–H groups in total. The molecule has 0 aliphatic carbocycles. The van der Waals surface area contributed by atoms with Crippen LogP contribution in [0, 0.1) is 0 Å². The Morgan fingerprint density at radius 1 is 1.16 bits per heavy atom. The van der Waals surface area contributed by atoms with Crippen LogP contribution in [0.3, 0.4) is 0 Å². The first-order chi connectivity index (χ1) is 20.5. The van der Waals surface area contributed by atoms with Gasteiger partial charge >= 0.3 is 5.38 Å². The molecule has 0 saturated carbocycles. The molecular weight excluding hydrogens is 647 g/mol. The highest BCUT2D eigenvalue weighted by molar-refractivity contribution is 7.99. The number of nitrogens with one attached hydrogen (secondary N) is 1. The third-order valence-electron chi connectivity index (χ3n) is 6.28. The number of anilines is 1. The van der Waals surface area contributed by atoms with Crippen molar-refractivity contribution in [3.63, 3.8) is 0 Å². The molecule has 0 bridgehead atoms. The van der Waals surface area contributed by atoms with E-state index in [1.165, 1.54) is 16.9 Å². The van der Waals surface area contributed by atoms with Crippen LogP contribution in [0.25, 0.3) is 0 Å². The van der Waals surface area contributed by atoms with Crippen LogP contribution in [0.1, 0.15) is 48.0 Å². The lowest BCUT2D eigenvalue weighted by Crippen LogP contribution is -2.32. The van der Waals surface area contributed by atoms with Gasteiger partial charge in [-0.3, -0.25) is 14.4 Å². The van der Waals surface area contributed by atoms with E-state index in [-0.39, 0.29) is 45.0 Å². The lowest BCUT2D eigenvalue weighted by atomic mass is 10.1. The molecule has 0 atom stereocenters. The number of pyridine rings is 1. The Morgan fingerprint density at radius 3 is 2.35 bits per heavy atom. The van der Waals surface area contributed by atoms with E-state index in [1.54, 1.807) is 30.3 Å². The number of H-pyrrole nitrogens is 1. The Labute approximate surface area is 267 Å². The van der Waals surface area contributed by atoms with Crippen molar-refractivity contribution in [1.82, 2.24) is 9.88 Å². The Hall–Kier alpha value is -2.83. The number of alkyl halides is 3. The highest BCUT2D eigenvalue weighted by Gasteiger charge is 2.34. The largest absolute Gasteiger partial charge is 0.495 e. The minimum Gasteiger partial charge on any atom is -0.495 e. The molecule has 0 saturated heterocycles. The number of rotatable bonds is 11. The molecule has 3 aromatic rings. The van der Waals surface area contributed by atoms with Crippen molar-refractivity contribution in [3.8, 4) is 5.75 Å². The van der Waals surface area contributed by atoms with Crippen molar-refractivity contribution >= 4 is 64.6 Å². The second-order valence-corrected chi connectivity index (χ2v) is 11.2. The van der Waals surface area contributed by atoms with Crippen molar-refractivity contribution < 1.29 is 27.8 Å². The maximum atomic E-state index is 14.0. The third kappa shape index (κ3) is 8.02. The van der Waals surface area contributed by atoms with Crippen LogP contribution in [0.15, 0.2) is 51.0 Å². The number of hydrogen-bond acceptors (Lipinski definition) is 6. The smallest absolute Gasteiger partial charge is 0.362 e. The average molecular weight is 677 g/mol. The zero-order valence-electron chi connectivity index (χ0n) is 23.8. The molecule has 8 nitrogen and oxygen atoms in total. The molecule has 0 unspecified atom stereocenters. The molecule has 2 aromatic carbocycles. The highest BCUT2D eigenvalue weighted by Crippen LogP contribution is 2.42. The molecule has 1 aliphatic rings. The van der Waals surface area contributed by atoms with Crippen LogP contribution < -0.4 is 15.2 Å². The van der Waals surface area contributed by atoms with E-state index >= 15 is 0 Å². The first kappa shape index (κ1) is 34.7. The second-order valence-electron chi connectivity index (χ2n) is 8.85. The number of benzene rings is 2. The molecule has 0 spiro atoms. The van der Waals surface area contributed by atoms with Crippen LogP contribution in [0.4, 0.5) is 14.5 Å². The van der Waals surface area contributed by atoms with Gasteiger partial charge in [0.2, 0.25) is 6.41 Å². The summed E-state index contributed by atoms with van der Waals surface area (Å²) in [5.74, 6) is -0.292. The molecule has 14 heteroatoms. The van der Waals surface area contributed by atoms with Crippen molar-refractivity contribution in [2.75, 3.05) is 31.8 Å². The van der Waals surface area contributed by atoms with E-state index in [0.717, 1.165) is 29.0 Å². The summed E-state index contributed by atoms with van der Waals surface area (Å²) in [6, 6.07) is 9.08. The SMILES string of the molecule is CC.CCOCCN(C=O)c1cc2c(cc1OC)CN(C(=O)c1c(Sc3c(Cl)cccc3Cl)cc(C(F)(F)Cl)[nH]c1=O)C2. The van der Waals surface area contributed by atoms with Crippen molar-refractivity contribution in [2.24, 2.45) is 0 Å². The third-order valence-corrected chi connectivity index (χ3v) is 8.52. The maximum Gasteiger partial charge on any atom is 0.362 e. The van der Waals surface area contributed by atoms with Crippen LogP contribution >= 0.6 is 46.6 Å². The van der Waals surface area contributed by atoms with Gasteiger partial charge in [0.05, 0.1) is 29.4 Å². The number of halogens is 5. The Balaban J connectivity index is 0.00000248. The predicted octanol–water partition coefficient (Wildman–Crippen LogP) is 7.31. The van der Waals surface area contributed by atoms with E-state index in [0.29, 0.717) is 31.1 Å². The van der Waals surface area contributed by atoms with Gasteiger partial charge in [-0.2, -0.15) is 8.78 Å². The summed E-state index contributed by atoms with van der Waals surface area (Å²) in [5.41, 5.74) is -0.352. The van der Waals surface area contributed by atoms with Gasteiger partial charge in [-0.25, -0.2) is 0 Å². The summed E-state index contributed by atoms with van der Waals surface area (Å²) in [5, 5.41) is -3.49. The number of carbonyl (C=O) groups is 2. The van der Waals surface area contributed by atoms with Gasteiger partial charge < -0.3 is 24.3 Å². The van der Waals surface area contributed by atoms with Crippen molar-refractivity contribution in [3.05, 3.63) is 79.2 Å². The molecule has 232 valence electrons. The molecule has 4 rings (SSSR count). The number of carbonyl (C=O) groups excluding carboxylic acids is 2. The topological polar surface area (TPSA) is 91.9 Å². The first-order valence-corrected chi connectivity index (χ1v) is 15.2. The fourth-order valence-electron chi connectivity index (χ4n) is 4.30. The lowest BCUT2D eigenvalue weighted by molar-refractivity contribution is -0.107. The number of nitrogens with zero attached hydrogens (tertiary/aromatic N) is 2. The molecule has 0 radical (unpaired) electrons.